The van der Waals surface area contributed by atoms with Gasteiger partial charge in [-0.25, -0.2) is 9.69 Å². The average molecular weight is 414 g/mol. The van der Waals surface area contributed by atoms with Crippen LogP contribution in [0.1, 0.15) is 38.2 Å². The summed E-state index contributed by atoms with van der Waals surface area (Å²) in [5, 5.41) is 5.97. The third-order valence-electron chi connectivity index (χ3n) is 6.32. The van der Waals surface area contributed by atoms with E-state index in [0.717, 1.165) is 38.9 Å². The summed E-state index contributed by atoms with van der Waals surface area (Å²) in [6, 6.07) is 9.98. The average Bonchev–Trinajstić information content (AvgIpc) is 2.92. The summed E-state index contributed by atoms with van der Waals surface area (Å²) < 4.78 is 0. The number of nitrogens with one attached hydrogen (secondary N) is 2. The van der Waals surface area contributed by atoms with Gasteiger partial charge in [-0.2, -0.15) is 0 Å². The summed E-state index contributed by atoms with van der Waals surface area (Å²) in [5.41, 5.74) is 0.386. The maximum absolute atomic E-state index is 13.3. The number of carbonyl (C=O) groups excluding carboxylic acids is 3. The van der Waals surface area contributed by atoms with Crippen LogP contribution in [-0.2, 0) is 16.1 Å². The number of benzene rings is 1. The van der Waals surface area contributed by atoms with Gasteiger partial charge in [-0.1, -0.05) is 30.3 Å². The molecule has 0 aromatic heterocycles. The summed E-state index contributed by atoms with van der Waals surface area (Å²) >= 11 is 0. The molecule has 30 heavy (non-hydrogen) atoms. The van der Waals surface area contributed by atoms with E-state index in [2.05, 4.69) is 32.6 Å². The van der Waals surface area contributed by atoms with Gasteiger partial charge >= 0.3 is 6.03 Å². The first kappa shape index (κ1) is 20.8. The molecule has 3 aliphatic rings. The summed E-state index contributed by atoms with van der Waals surface area (Å²) in [5.74, 6) is -0.163. The van der Waals surface area contributed by atoms with Crippen molar-refractivity contribution in [1.29, 1.82) is 0 Å². The molecule has 8 heteroatoms. The Morgan fingerprint density at radius 1 is 1.17 bits per heavy atom. The predicted octanol–water partition coefficient (Wildman–Crippen LogP) is 1.13. The fraction of sp³-hybridized carbons (Fsp3) is 0.591. The Morgan fingerprint density at radius 2 is 1.93 bits per heavy atom. The van der Waals surface area contributed by atoms with Crippen molar-refractivity contribution in [3.63, 3.8) is 0 Å². The highest BCUT2D eigenvalue weighted by molar-refractivity contribution is 6.07. The molecule has 2 atom stereocenters. The van der Waals surface area contributed by atoms with Crippen LogP contribution in [0.3, 0.4) is 0 Å². The van der Waals surface area contributed by atoms with Gasteiger partial charge in [0.1, 0.15) is 5.54 Å². The van der Waals surface area contributed by atoms with E-state index in [1.54, 1.807) is 0 Å². The second kappa shape index (κ2) is 8.73. The van der Waals surface area contributed by atoms with Crippen molar-refractivity contribution in [2.45, 2.75) is 50.7 Å². The molecule has 8 nitrogen and oxygen atoms in total. The van der Waals surface area contributed by atoms with Crippen molar-refractivity contribution in [2.75, 3.05) is 32.8 Å². The van der Waals surface area contributed by atoms with Crippen molar-refractivity contribution in [3.8, 4) is 0 Å². The molecule has 3 heterocycles. The third kappa shape index (κ3) is 4.49. The van der Waals surface area contributed by atoms with Gasteiger partial charge in [-0.15, -0.1) is 0 Å². The van der Waals surface area contributed by atoms with Gasteiger partial charge in [0.05, 0.1) is 6.67 Å². The molecule has 0 saturated carbocycles. The van der Waals surface area contributed by atoms with Crippen molar-refractivity contribution in [2.24, 2.45) is 0 Å². The van der Waals surface area contributed by atoms with E-state index in [-0.39, 0.29) is 30.6 Å². The van der Waals surface area contributed by atoms with E-state index >= 15 is 0 Å². The minimum absolute atomic E-state index is 0.0449. The summed E-state index contributed by atoms with van der Waals surface area (Å²) in [6.45, 7) is 5.51. The zero-order chi connectivity index (χ0) is 21.1. The molecule has 4 amide bonds. The summed E-state index contributed by atoms with van der Waals surface area (Å²) in [4.78, 5) is 43.2. The van der Waals surface area contributed by atoms with E-state index in [9.17, 15) is 14.4 Å². The van der Waals surface area contributed by atoms with Crippen molar-refractivity contribution in [1.82, 2.24) is 25.3 Å². The Kier molecular flexibility index (Phi) is 6.06. The molecule has 3 saturated heterocycles. The van der Waals surface area contributed by atoms with Crippen LogP contribution in [0.15, 0.2) is 30.3 Å². The zero-order valence-corrected chi connectivity index (χ0v) is 17.6. The smallest absolute Gasteiger partial charge is 0.326 e. The molecule has 0 bridgehead atoms. The molecule has 2 unspecified atom stereocenters. The molecule has 2 N–H and O–H groups in total. The molecular formula is C22H31N5O3. The predicted molar refractivity (Wildman–Crippen MR) is 112 cm³/mol. The number of imide groups is 1. The molecule has 1 aromatic rings. The molecule has 0 radical (unpaired) electrons. The maximum Gasteiger partial charge on any atom is 0.326 e. The van der Waals surface area contributed by atoms with Crippen LogP contribution in [0, 0.1) is 0 Å². The van der Waals surface area contributed by atoms with Crippen LogP contribution in [0.5, 0.6) is 0 Å². The Morgan fingerprint density at radius 3 is 2.70 bits per heavy atom. The van der Waals surface area contributed by atoms with Crippen LogP contribution >= 0.6 is 0 Å². The van der Waals surface area contributed by atoms with Crippen LogP contribution in [0.4, 0.5) is 4.79 Å². The highest BCUT2D eigenvalue weighted by Gasteiger charge is 2.53. The number of hydrogen-bond donors (Lipinski definition) is 2. The third-order valence-corrected chi connectivity index (χ3v) is 6.32. The lowest BCUT2D eigenvalue weighted by molar-refractivity contribution is -0.135. The van der Waals surface area contributed by atoms with Crippen molar-refractivity contribution >= 4 is 17.8 Å². The van der Waals surface area contributed by atoms with Crippen LogP contribution in [-0.4, -0.2) is 77.0 Å². The van der Waals surface area contributed by atoms with Gasteiger partial charge in [0.25, 0.3) is 5.91 Å². The number of piperidine rings is 2. The number of amides is 4. The van der Waals surface area contributed by atoms with Gasteiger partial charge in [-0.05, 0) is 44.3 Å². The number of likely N-dealkylation sites (tertiary alicyclic amines) is 2. The fourth-order valence-corrected chi connectivity index (χ4v) is 4.99. The fourth-order valence-electron chi connectivity index (χ4n) is 4.99. The largest absolute Gasteiger partial charge is 0.352 e. The molecule has 1 spiro atoms. The molecule has 1 aromatic carbocycles. The lowest BCUT2D eigenvalue weighted by Gasteiger charge is -2.39. The zero-order valence-electron chi connectivity index (χ0n) is 17.6. The van der Waals surface area contributed by atoms with E-state index in [1.807, 2.05) is 18.2 Å². The van der Waals surface area contributed by atoms with Crippen molar-refractivity contribution in [3.05, 3.63) is 35.9 Å². The standard InChI is InChI=1S/C22H31N5O3/c1-17(28)23-19-9-5-11-26(14-19)16-27-20(29)22(24-21(27)30)10-6-12-25(15-22)13-18-7-3-2-4-8-18/h2-4,7-8,19H,5-6,9-16H2,1H3,(H,23,28)(H,24,30). The summed E-state index contributed by atoms with van der Waals surface area (Å²) in [6.07, 6.45) is 3.41. The first-order valence-corrected chi connectivity index (χ1v) is 10.8. The first-order valence-electron chi connectivity index (χ1n) is 10.8. The number of urea groups is 1. The van der Waals surface area contributed by atoms with E-state index < -0.39 is 5.54 Å². The number of hydrogen-bond acceptors (Lipinski definition) is 5. The SMILES string of the molecule is CC(=O)NC1CCCN(CN2C(=O)NC3(CCCN(Cc4ccccc4)C3)C2=O)C1. The highest BCUT2D eigenvalue weighted by Crippen LogP contribution is 2.29. The lowest BCUT2D eigenvalue weighted by Crippen LogP contribution is -2.58. The second-order valence-electron chi connectivity index (χ2n) is 8.80. The minimum atomic E-state index is -0.822. The molecular weight excluding hydrogens is 382 g/mol. The molecule has 3 fully saturated rings. The van der Waals surface area contributed by atoms with Crippen LogP contribution in [0.25, 0.3) is 0 Å². The quantitative estimate of drug-likeness (QED) is 0.707. The highest BCUT2D eigenvalue weighted by atomic mass is 16.2. The van der Waals surface area contributed by atoms with Crippen LogP contribution < -0.4 is 10.6 Å². The normalized spacial score (nSPS) is 28.0. The molecule has 162 valence electrons. The molecule has 3 aliphatic heterocycles. The summed E-state index contributed by atoms with van der Waals surface area (Å²) in [7, 11) is 0. The lowest BCUT2D eigenvalue weighted by atomic mass is 9.88. The first-order chi connectivity index (χ1) is 14.4. The van der Waals surface area contributed by atoms with Gasteiger partial charge in [0.2, 0.25) is 5.91 Å². The molecule has 0 aliphatic carbocycles. The molecule has 4 rings (SSSR count). The Hall–Kier alpha value is -2.45. The second-order valence-corrected chi connectivity index (χ2v) is 8.80. The van der Waals surface area contributed by atoms with E-state index in [1.165, 1.54) is 17.4 Å². The van der Waals surface area contributed by atoms with Gasteiger partial charge in [0, 0.05) is 32.6 Å². The topological polar surface area (TPSA) is 85.0 Å². The Bertz CT molecular complexity index is 801. The van der Waals surface area contributed by atoms with Gasteiger partial charge in [0.15, 0.2) is 0 Å². The monoisotopic (exact) mass is 413 g/mol. The van der Waals surface area contributed by atoms with Gasteiger partial charge in [-0.3, -0.25) is 19.4 Å². The minimum Gasteiger partial charge on any atom is -0.352 e. The van der Waals surface area contributed by atoms with Gasteiger partial charge < -0.3 is 10.6 Å². The van der Waals surface area contributed by atoms with E-state index in [4.69, 9.17) is 0 Å². The number of nitrogens with zero attached hydrogens (tertiary/aromatic N) is 3. The van der Waals surface area contributed by atoms with Crippen LogP contribution in [0.2, 0.25) is 0 Å². The number of rotatable bonds is 5. The number of carbonyl (C=O) groups is 3. The maximum atomic E-state index is 13.3. The van der Waals surface area contributed by atoms with Crippen molar-refractivity contribution < 1.29 is 14.4 Å². The Labute approximate surface area is 177 Å². The van der Waals surface area contributed by atoms with E-state index in [0.29, 0.717) is 19.5 Å². The Balaban J connectivity index is 1.39.